The van der Waals surface area contributed by atoms with Gasteiger partial charge in [0.05, 0.1) is 6.54 Å². The highest BCUT2D eigenvalue weighted by atomic mass is 79.9. The van der Waals surface area contributed by atoms with Crippen LogP contribution in [0.4, 0.5) is 0 Å². The number of hydrogen-bond acceptors (Lipinski definition) is 5. The zero-order valence-electron chi connectivity index (χ0n) is 9.92. The van der Waals surface area contributed by atoms with Gasteiger partial charge < -0.3 is 9.42 Å². The minimum Gasteiger partial charge on any atom is -0.343 e. The van der Waals surface area contributed by atoms with Gasteiger partial charge in [0.25, 0.3) is 5.91 Å². The number of pyridine rings is 1. The summed E-state index contributed by atoms with van der Waals surface area (Å²) in [5, 5.41) is 3.66. The number of amides is 1. The van der Waals surface area contributed by atoms with Gasteiger partial charge in [-0.05, 0) is 35.0 Å². The van der Waals surface area contributed by atoms with Gasteiger partial charge in [-0.2, -0.15) is 4.98 Å². The summed E-state index contributed by atoms with van der Waals surface area (Å²) in [6, 6.07) is 3.64. The Hall–Kier alpha value is -1.76. The molecule has 0 saturated carbocycles. The van der Waals surface area contributed by atoms with E-state index in [1.54, 1.807) is 13.1 Å². The van der Waals surface area contributed by atoms with Gasteiger partial charge in [-0.15, -0.1) is 0 Å². The molecular formula is C11H11BrN4O2. The Labute approximate surface area is 112 Å². The maximum atomic E-state index is 12.2. The van der Waals surface area contributed by atoms with Gasteiger partial charge in [0.15, 0.2) is 5.82 Å². The summed E-state index contributed by atoms with van der Waals surface area (Å²) in [6.07, 6.45) is 1.23. The lowest BCUT2D eigenvalue weighted by atomic mass is 10.3. The molecule has 18 heavy (non-hydrogen) atoms. The SMILES string of the molecule is Cc1ccc(Br)c(C(=O)N(C)Cc2ncon2)n1. The lowest BCUT2D eigenvalue weighted by Crippen LogP contribution is -2.28. The van der Waals surface area contributed by atoms with Crippen LogP contribution in [0.1, 0.15) is 22.0 Å². The molecule has 0 N–H and O–H groups in total. The standard InChI is InChI=1S/C11H11BrN4O2/c1-7-3-4-8(12)10(14-7)11(17)16(2)5-9-13-6-18-15-9/h3-4,6H,5H2,1-2H3. The van der Waals surface area contributed by atoms with Crippen LogP contribution in [0.15, 0.2) is 27.5 Å². The zero-order chi connectivity index (χ0) is 13.1. The van der Waals surface area contributed by atoms with Crippen molar-refractivity contribution < 1.29 is 9.32 Å². The molecule has 0 aliphatic carbocycles. The minimum atomic E-state index is -0.199. The number of rotatable bonds is 3. The molecule has 0 spiro atoms. The quantitative estimate of drug-likeness (QED) is 0.864. The number of carbonyl (C=O) groups excluding carboxylic acids is 1. The van der Waals surface area contributed by atoms with Crippen molar-refractivity contribution in [2.75, 3.05) is 7.05 Å². The molecular weight excluding hydrogens is 300 g/mol. The molecule has 2 aromatic heterocycles. The van der Waals surface area contributed by atoms with Crippen molar-refractivity contribution >= 4 is 21.8 Å². The average Bonchev–Trinajstić information content (AvgIpc) is 2.84. The first kappa shape index (κ1) is 12.7. The fraction of sp³-hybridized carbons (Fsp3) is 0.273. The highest BCUT2D eigenvalue weighted by Crippen LogP contribution is 2.17. The molecule has 2 rings (SSSR count). The Balaban J connectivity index is 2.17. The molecule has 2 heterocycles. The van der Waals surface area contributed by atoms with Crippen LogP contribution in [0.5, 0.6) is 0 Å². The number of halogens is 1. The van der Waals surface area contributed by atoms with E-state index in [1.807, 2.05) is 13.0 Å². The second kappa shape index (κ2) is 5.26. The van der Waals surface area contributed by atoms with E-state index in [-0.39, 0.29) is 12.5 Å². The maximum absolute atomic E-state index is 12.2. The van der Waals surface area contributed by atoms with Crippen LogP contribution < -0.4 is 0 Å². The Morgan fingerprint density at radius 1 is 1.50 bits per heavy atom. The summed E-state index contributed by atoms with van der Waals surface area (Å²) in [6.45, 7) is 2.11. The fourth-order valence-corrected chi connectivity index (χ4v) is 1.81. The molecule has 94 valence electrons. The van der Waals surface area contributed by atoms with Crippen LogP contribution in [0, 0.1) is 6.92 Å². The van der Waals surface area contributed by atoms with Crippen molar-refractivity contribution in [3.8, 4) is 0 Å². The monoisotopic (exact) mass is 310 g/mol. The summed E-state index contributed by atoms with van der Waals surface area (Å²) in [4.78, 5) is 21.8. The van der Waals surface area contributed by atoms with Gasteiger partial charge in [-0.25, -0.2) is 4.98 Å². The predicted molar refractivity (Wildman–Crippen MR) is 66.8 cm³/mol. The molecule has 1 amide bonds. The number of aryl methyl sites for hydroxylation is 1. The third kappa shape index (κ3) is 2.73. The number of aromatic nitrogens is 3. The molecule has 0 aliphatic rings. The van der Waals surface area contributed by atoms with Crippen molar-refractivity contribution in [3.63, 3.8) is 0 Å². The van der Waals surface area contributed by atoms with Gasteiger partial charge in [-0.1, -0.05) is 5.16 Å². The first-order valence-electron chi connectivity index (χ1n) is 5.22. The average molecular weight is 311 g/mol. The van der Waals surface area contributed by atoms with E-state index < -0.39 is 0 Å². The lowest BCUT2D eigenvalue weighted by Gasteiger charge is -2.15. The van der Waals surface area contributed by atoms with E-state index >= 15 is 0 Å². The molecule has 0 unspecified atom stereocenters. The Kier molecular flexibility index (Phi) is 3.71. The Morgan fingerprint density at radius 2 is 2.28 bits per heavy atom. The number of hydrogen-bond donors (Lipinski definition) is 0. The smallest absolute Gasteiger partial charge is 0.273 e. The van der Waals surface area contributed by atoms with Gasteiger partial charge in [0.1, 0.15) is 5.69 Å². The van der Waals surface area contributed by atoms with Crippen molar-refractivity contribution in [2.45, 2.75) is 13.5 Å². The second-order valence-corrected chi connectivity index (χ2v) is 4.65. The van der Waals surface area contributed by atoms with E-state index in [2.05, 4.69) is 35.6 Å². The maximum Gasteiger partial charge on any atom is 0.273 e. The molecule has 0 aromatic carbocycles. The Morgan fingerprint density at radius 3 is 2.94 bits per heavy atom. The summed E-state index contributed by atoms with van der Waals surface area (Å²) < 4.78 is 5.28. The molecule has 0 saturated heterocycles. The van der Waals surface area contributed by atoms with Gasteiger partial charge in [-0.3, -0.25) is 4.79 Å². The normalized spacial score (nSPS) is 10.4. The van der Waals surface area contributed by atoms with Crippen molar-refractivity contribution in [1.29, 1.82) is 0 Å². The molecule has 0 aliphatic heterocycles. The molecule has 7 heteroatoms. The van der Waals surface area contributed by atoms with E-state index in [0.29, 0.717) is 16.0 Å². The molecule has 0 radical (unpaired) electrons. The van der Waals surface area contributed by atoms with E-state index in [4.69, 9.17) is 0 Å². The lowest BCUT2D eigenvalue weighted by molar-refractivity contribution is 0.0773. The van der Waals surface area contributed by atoms with Crippen LogP contribution >= 0.6 is 15.9 Å². The van der Waals surface area contributed by atoms with E-state index in [9.17, 15) is 4.79 Å². The largest absolute Gasteiger partial charge is 0.343 e. The first-order chi connectivity index (χ1) is 8.58. The minimum absolute atomic E-state index is 0.199. The van der Waals surface area contributed by atoms with Crippen LogP contribution in [0.3, 0.4) is 0 Å². The number of carbonyl (C=O) groups is 1. The molecule has 0 fully saturated rings. The summed E-state index contributed by atoms with van der Waals surface area (Å²) in [7, 11) is 1.66. The van der Waals surface area contributed by atoms with Crippen molar-refractivity contribution in [1.82, 2.24) is 20.0 Å². The highest BCUT2D eigenvalue weighted by Gasteiger charge is 2.18. The topological polar surface area (TPSA) is 72.1 Å². The highest BCUT2D eigenvalue weighted by molar-refractivity contribution is 9.10. The van der Waals surface area contributed by atoms with Gasteiger partial charge >= 0.3 is 0 Å². The van der Waals surface area contributed by atoms with Gasteiger partial charge in [0, 0.05) is 17.2 Å². The van der Waals surface area contributed by atoms with Crippen LogP contribution in [-0.2, 0) is 6.54 Å². The predicted octanol–water partition coefficient (Wildman–Crippen LogP) is 1.81. The number of nitrogens with zero attached hydrogens (tertiary/aromatic N) is 4. The van der Waals surface area contributed by atoms with Crippen molar-refractivity contribution in [3.05, 3.63) is 40.2 Å². The third-order valence-electron chi connectivity index (χ3n) is 2.32. The van der Waals surface area contributed by atoms with Crippen LogP contribution in [0.25, 0.3) is 0 Å². The Bertz CT molecular complexity index is 556. The molecule has 0 atom stereocenters. The summed E-state index contributed by atoms with van der Waals surface area (Å²) in [5.41, 5.74) is 1.16. The summed E-state index contributed by atoms with van der Waals surface area (Å²) in [5.74, 6) is 0.255. The fourth-order valence-electron chi connectivity index (χ4n) is 1.42. The first-order valence-corrected chi connectivity index (χ1v) is 6.01. The third-order valence-corrected chi connectivity index (χ3v) is 2.96. The second-order valence-electron chi connectivity index (χ2n) is 3.79. The zero-order valence-corrected chi connectivity index (χ0v) is 11.5. The summed E-state index contributed by atoms with van der Waals surface area (Å²) >= 11 is 3.32. The molecule has 2 aromatic rings. The van der Waals surface area contributed by atoms with Crippen LogP contribution in [0.2, 0.25) is 0 Å². The molecule has 0 bridgehead atoms. The molecule has 6 nitrogen and oxygen atoms in total. The van der Waals surface area contributed by atoms with Crippen molar-refractivity contribution in [2.24, 2.45) is 0 Å². The van der Waals surface area contributed by atoms with Gasteiger partial charge in [0.2, 0.25) is 6.39 Å². The van der Waals surface area contributed by atoms with E-state index in [0.717, 1.165) is 5.69 Å². The van der Waals surface area contributed by atoms with E-state index in [1.165, 1.54) is 11.3 Å². The van der Waals surface area contributed by atoms with Crippen LogP contribution in [-0.4, -0.2) is 33.0 Å².